The van der Waals surface area contributed by atoms with Crippen LogP contribution in [0.5, 0.6) is 5.75 Å². The van der Waals surface area contributed by atoms with Gasteiger partial charge in [-0.3, -0.25) is 4.79 Å². The number of nitrogens with zero attached hydrogens (tertiary/aromatic N) is 1. The number of rotatable bonds is 10. The van der Waals surface area contributed by atoms with Crippen molar-refractivity contribution in [3.05, 3.63) is 55.1 Å². The first-order chi connectivity index (χ1) is 15.3. The third kappa shape index (κ3) is 6.67. The minimum atomic E-state index is -3.39. The molecular weight excluding hydrogens is 428 g/mol. The SMILES string of the molecule is C=CCOc1cccc([C@H]2CCC(OC[C@H]3[C@@H](NS(C)(=O)=O)CCCN3C(=O)C=C)C2)c1. The summed E-state index contributed by atoms with van der Waals surface area (Å²) in [7, 11) is -3.39. The average Bonchev–Trinajstić information content (AvgIpc) is 3.24. The van der Waals surface area contributed by atoms with Crippen LogP contribution in [-0.4, -0.2) is 63.4 Å². The number of ether oxygens (including phenoxy) is 2. The Hall–Kier alpha value is -2.16. The van der Waals surface area contributed by atoms with E-state index in [-0.39, 0.29) is 24.1 Å². The summed E-state index contributed by atoms with van der Waals surface area (Å²) < 4.78 is 38.3. The van der Waals surface area contributed by atoms with E-state index < -0.39 is 10.0 Å². The van der Waals surface area contributed by atoms with Crippen molar-refractivity contribution in [2.24, 2.45) is 0 Å². The Bertz CT molecular complexity index is 917. The van der Waals surface area contributed by atoms with Crippen LogP contribution in [0.4, 0.5) is 0 Å². The van der Waals surface area contributed by atoms with Gasteiger partial charge in [0.05, 0.1) is 25.0 Å². The molecule has 1 N–H and O–H groups in total. The molecule has 0 radical (unpaired) electrons. The minimum Gasteiger partial charge on any atom is -0.490 e. The maximum Gasteiger partial charge on any atom is 0.246 e. The monoisotopic (exact) mass is 462 g/mol. The van der Waals surface area contributed by atoms with Crippen LogP contribution in [0.3, 0.4) is 0 Å². The molecule has 1 unspecified atom stereocenters. The second-order valence-corrected chi connectivity index (χ2v) is 10.4. The van der Waals surface area contributed by atoms with Crippen LogP contribution in [0, 0.1) is 0 Å². The molecule has 1 saturated carbocycles. The molecule has 2 fully saturated rings. The van der Waals surface area contributed by atoms with Gasteiger partial charge in [0, 0.05) is 12.6 Å². The number of carbonyl (C=O) groups excluding carboxylic acids is 1. The van der Waals surface area contributed by atoms with Crippen molar-refractivity contribution >= 4 is 15.9 Å². The molecule has 1 aliphatic carbocycles. The molecule has 2 aliphatic rings. The van der Waals surface area contributed by atoms with Gasteiger partial charge in [0.2, 0.25) is 15.9 Å². The van der Waals surface area contributed by atoms with Crippen LogP contribution in [0.25, 0.3) is 0 Å². The number of benzene rings is 1. The highest BCUT2D eigenvalue weighted by Crippen LogP contribution is 2.37. The lowest BCUT2D eigenvalue weighted by atomic mass is 9.97. The summed E-state index contributed by atoms with van der Waals surface area (Å²) in [5.41, 5.74) is 1.23. The van der Waals surface area contributed by atoms with Gasteiger partial charge in [-0.15, -0.1) is 0 Å². The third-order valence-electron chi connectivity index (χ3n) is 6.19. The number of likely N-dealkylation sites (tertiary alicyclic amines) is 1. The Morgan fingerprint density at radius 3 is 2.81 bits per heavy atom. The molecule has 7 nitrogen and oxygen atoms in total. The highest BCUT2D eigenvalue weighted by atomic mass is 32.2. The molecule has 1 aromatic carbocycles. The first-order valence-electron chi connectivity index (χ1n) is 11.2. The first kappa shape index (κ1) is 24.5. The van der Waals surface area contributed by atoms with Crippen LogP contribution < -0.4 is 9.46 Å². The van der Waals surface area contributed by atoms with E-state index in [2.05, 4.69) is 30.0 Å². The summed E-state index contributed by atoms with van der Waals surface area (Å²) in [4.78, 5) is 14.1. The predicted molar refractivity (Wildman–Crippen MR) is 125 cm³/mol. The highest BCUT2D eigenvalue weighted by molar-refractivity contribution is 7.88. The lowest BCUT2D eigenvalue weighted by molar-refractivity contribution is -0.132. The Morgan fingerprint density at radius 1 is 1.28 bits per heavy atom. The molecule has 0 spiro atoms. The lowest BCUT2D eigenvalue weighted by Crippen LogP contribution is -2.58. The quantitative estimate of drug-likeness (QED) is 0.427. The van der Waals surface area contributed by atoms with Crippen LogP contribution in [0.1, 0.15) is 43.6 Å². The van der Waals surface area contributed by atoms with E-state index in [9.17, 15) is 13.2 Å². The summed E-state index contributed by atoms with van der Waals surface area (Å²) in [5, 5.41) is 0. The molecule has 8 heteroatoms. The Balaban J connectivity index is 1.62. The molecule has 0 bridgehead atoms. The molecule has 32 heavy (non-hydrogen) atoms. The van der Waals surface area contributed by atoms with Crippen molar-refractivity contribution in [2.45, 2.75) is 56.2 Å². The first-order valence-corrected chi connectivity index (χ1v) is 13.1. The Labute approximate surface area is 191 Å². The number of hydrogen-bond donors (Lipinski definition) is 1. The maximum atomic E-state index is 12.4. The fourth-order valence-electron chi connectivity index (χ4n) is 4.71. The maximum absolute atomic E-state index is 12.4. The molecular formula is C24H34N2O5S. The van der Waals surface area contributed by atoms with Gasteiger partial charge in [0.25, 0.3) is 0 Å². The molecule has 176 valence electrons. The highest BCUT2D eigenvalue weighted by Gasteiger charge is 2.36. The van der Waals surface area contributed by atoms with Crippen LogP contribution >= 0.6 is 0 Å². The Kier molecular flexibility index (Phi) is 8.51. The predicted octanol–water partition coefficient (Wildman–Crippen LogP) is 3.00. The number of hydrogen-bond acceptors (Lipinski definition) is 5. The van der Waals surface area contributed by atoms with E-state index in [0.29, 0.717) is 32.1 Å². The van der Waals surface area contributed by atoms with Gasteiger partial charge >= 0.3 is 0 Å². The molecule has 1 heterocycles. The van der Waals surface area contributed by atoms with E-state index in [4.69, 9.17) is 9.47 Å². The number of sulfonamides is 1. The zero-order valence-corrected chi connectivity index (χ0v) is 19.6. The molecule has 0 aromatic heterocycles. The van der Waals surface area contributed by atoms with Crippen LogP contribution in [-0.2, 0) is 19.6 Å². The van der Waals surface area contributed by atoms with E-state index >= 15 is 0 Å². The van der Waals surface area contributed by atoms with Crippen molar-refractivity contribution in [3.8, 4) is 5.75 Å². The van der Waals surface area contributed by atoms with Crippen molar-refractivity contribution in [2.75, 3.05) is 26.0 Å². The van der Waals surface area contributed by atoms with E-state index in [1.165, 1.54) is 11.6 Å². The van der Waals surface area contributed by atoms with Crippen LogP contribution in [0.2, 0.25) is 0 Å². The fraction of sp³-hybridized carbons (Fsp3) is 0.542. The summed E-state index contributed by atoms with van der Waals surface area (Å²) in [6.07, 6.45) is 8.46. The minimum absolute atomic E-state index is 0.0687. The van der Waals surface area contributed by atoms with Crippen molar-refractivity contribution < 1.29 is 22.7 Å². The van der Waals surface area contributed by atoms with Gasteiger partial charge in [-0.2, -0.15) is 0 Å². The summed E-state index contributed by atoms with van der Waals surface area (Å²) in [6, 6.07) is 7.43. The molecule has 4 atom stereocenters. The Morgan fingerprint density at radius 2 is 2.09 bits per heavy atom. The van der Waals surface area contributed by atoms with Gasteiger partial charge in [0.15, 0.2) is 0 Å². The van der Waals surface area contributed by atoms with Gasteiger partial charge in [0.1, 0.15) is 12.4 Å². The lowest BCUT2D eigenvalue weighted by Gasteiger charge is -2.41. The number of carbonyl (C=O) groups is 1. The van der Waals surface area contributed by atoms with Gasteiger partial charge in [-0.1, -0.05) is 31.4 Å². The summed E-state index contributed by atoms with van der Waals surface area (Å²) in [5.74, 6) is 1.02. The van der Waals surface area contributed by atoms with Gasteiger partial charge in [-0.25, -0.2) is 13.1 Å². The summed E-state index contributed by atoms with van der Waals surface area (Å²) >= 11 is 0. The second kappa shape index (κ2) is 11.1. The van der Waals surface area contributed by atoms with E-state index in [1.807, 2.05) is 12.1 Å². The van der Waals surface area contributed by atoms with Crippen LogP contribution in [0.15, 0.2) is 49.6 Å². The zero-order valence-electron chi connectivity index (χ0n) is 18.7. The largest absolute Gasteiger partial charge is 0.490 e. The topological polar surface area (TPSA) is 84.9 Å². The number of nitrogens with one attached hydrogen (secondary N) is 1. The van der Waals surface area contributed by atoms with E-state index in [1.54, 1.807) is 11.0 Å². The fourth-order valence-corrected chi connectivity index (χ4v) is 5.53. The molecule has 3 rings (SSSR count). The standard InChI is InChI=1S/C24H34N2O5S/c1-4-14-30-20-9-6-8-18(15-20)19-11-12-21(16-19)31-17-23-22(25-32(3,28)29)10-7-13-26(23)24(27)5-2/h4-6,8-9,15,19,21-23,25H,1-2,7,10-14,16-17H2,3H3/t19-,21?,22-,23-/m0/s1. The molecule has 1 aliphatic heterocycles. The molecule has 1 saturated heterocycles. The van der Waals surface area contributed by atoms with Crippen molar-refractivity contribution in [1.29, 1.82) is 0 Å². The smallest absolute Gasteiger partial charge is 0.246 e. The van der Waals surface area contributed by atoms with Gasteiger partial charge in [-0.05, 0) is 61.8 Å². The second-order valence-electron chi connectivity index (χ2n) is 8.58. The van der Waals surface area contributed by atoms with Gasteiger partial charge < -0.3 is 14.4 Å². The molecule has 1 amide bonds. The van der Waals surface area contributed by atoms with Crippen molar-refractivity contribution in [1.82, 2.24) is 9.62 Å². The summed E-state index contributed by atoms with van der Waals surface area (Å²) in [6.45, 7) is 8.62. The number of piperidine rings is 1. The normalized spacial score (nSPS) is 26.0. The number of amides is 1. The van der Waals surface area contributed by atoms with Crippen molar-refractivity contribution in [3.63, 3.8) is 0 Å². The average molecular weight is 463 g/mol. The zero-order chi connectivity index (χ0) is 23.1. The third-order valence-corrected chi connectivity index (χ3v) is 6.92. The molecule has 1 aromatic rings. The van der Waals surface area contributed by atoms with E-state index in [0.717, 1.165) is 37.7 Å².